The Morgan fingerprint density at radius 3 is 3.10 bits per heavy atom. The number of aromatic nitrogens is 2. The molecular formula is C16H21N3O. The van der Waals surface area contributed by atoms with Crippen LogP contribution in [0.2, 0.25) is 0 Å². The van der Waals surface area contributed by atoms with Crippen LogP contribution in [0.5, 0.6) is 5.75 Å². The molecule has 0 saturated heterocycles. The maximum absolute atomic E-state index is 5.91. The molecule has 2 N–H and O–H groups in total. The number of hydrogen-bond acceptors (Lipinski definition) is 3. The Morgan fingerprint density at radius 2 is 2.30 bits per heavy atom. The van der Waals surface area contributed by atoms with Gasteiger partial charge in [0.15, 0.2) is 0 Å². The van der Waals surface area contributed by atoms with Gasteiger partial charge in [-0.1, -0.05) is 18.2 Å². The Morgan fingerprint density at radius 1 is 1.40 bits per heavy atom. The highest BCUT2D eigenvalue weighted by atomic mass is 16.5. The van der Waals surface area contributed by atoms with Crippen LogP contribution in [0.4, 0.5) is 0 Å². The number of fused-ring (bicyclic) bond motifs is 1. The molecule has 1 atom stereocenters. The first-order chi connectivity index (χ1) is 9.75. The average molecular weight is 271 g/mol. The number of para-hydroxylation sites is 1. The zero-order chi connectivity index (χ0) is 13.9. The van der Waals surface area contributed by atoms with Crippen LogP contribution in [0.1, 0.15) is 41.3 Å². The van der Waals surface area contributed by atoms with E-state index < -0.39 is 0 Å². The lowest BCUT2D eigenvalue weighted by Crippen LogP contribution is -2.20. The molecule has 1 aliphatic heterocycles. The number of nitrogens with one attached hydrogen (secondary N) is 2. The van der Waals surface area contributed by atoms with Crippen LogP contribution < -0.4 is 10.1 Å². The number of aryl methyl sites for hydroxylation is 2. The summed E-state index contributed by atoms with van der Waals surface area (Å²) in [6.07, 6.45) is 4.08. The summed E-state index contributed by atoms with van der Waals surface area (Å²) < 4.78 is 5.91. The fraction of sp³-hybridized carbons (Fsp3) is 0.438. The molecular weight excluding hydrogens is 250 g/mol. The SMILES string of the molecule is Cc1cccc2c1OCCCC2NCc1cn[nH]c1C. The maximum atomic E-state index is 5.91. The monoisotopic (exact) mass is 271 g/mol. The standard InChI is InChI=1S/C16H21N3O/c1-11-5-3-6-14-15(7-4-8-20-16(11)14)17-9-13-10-18-19-12(13)2/h3,5-6,10,15,17H,4,7-9H2,1-2H3,(H,18,19). The van der Waals surface area contributed by atoms with Crippen LogP contribution in [-0.4, -0.2) is 16.8 Å². The number of rotatable bonds is 3. The van der Waals surface area contributed by atoms with E-state index in [4.69, 9.17) is 4.74 Å². The quantitative estimate of drug-likeness (QED) is 0.902. The van der Waals surface area contributed by atoms with Crippen LogP contribution in [0.3, 0.4) is 0 Å². The van der Waals surface area contributed by atoms with Gasteiger partial charge in [0.25, 0.3) is 0 Å². The first kappa shape index (κ1) is 13.2. The lowest BCUT2D eigenvalue weighted by Gasteiger charge is -2.19. The van der Waals surface area contributed by atoms with Crippen LogP contribution in [0.25, 0.3) is 0 Å². The molecule has 1 aliphatic rings. The molecule has 106 valence electrons. The van der Waals surface area contributed by atoms with Gasteiger partial charge in [0, 0.05) is 29.4 Å². The molecule has 0 aliphatic carbocycles. The molecule has 4 nitrogen and oxygen atoms in total. The molecule has 2 aromatic rings. The lowest BCUT2D eigenvalue weighted by atomic mass is 9.99. The summed E-state index contributed by atoms with van der Waals surface area (Å²) in [6.45, 7) is 5.81. The van der Waals surface area contributed by atoms with E-state index in [1.54, 1.807) is 0 Å². The molecule has 0 fully saturated rings. The minimum atomic E-state index is 0.349. The fourth-order valence-electron chi connectivity index (χ4n) is 2.76. The Balaban J connectivity index is 1.80. The first-order valence-corrected chi connectivity index (χ1v) is 7.20. The van der Waals surface area contributed by atoms with Crippen molar-refractivity contribution in [3.8, 4) is 5.75 Å². The number of nitrogens with zero attached hydrogens (tertiary/aromatic N) is 1. The second kappa shape index (κ2) is 5.67. The third-order valence-electron chi connectivity index (χ3n) is 3.97. The van der Waals surface area contributed by atoms with Gasteiger partial charge >= 0.3 is 0 Å². The Kier molecular flexibility index (Phi) is 3.74. The molecule has 1 unspecified atom stereocenters. The second-order valence-corrected chi connectivity index (χ2v) is 5.44. The highest BCUT2D eigenvalue weighted by Crippen LogP contribution is 2.34. The van der Waals surface area contributed by atoms with Gasteiger partial charge < -0.3 is 10.1 Å². The topological polar surface area (TPSA) is 49.9 Å². The molecule has 0 radical (unpaired) electrons. The minimum Gasteiger partial charge on any atom is -0.493 e. The zero-order valence-electron chi connectivity index (χ0n) is 12.1. The molecule has 4 heteroatoms. The summed E-state index contributed by atoms with van der Waals surface area (Å²) in [7, 11) is 0. The molecule has 0 spiro atoms. The molecule has 1 aromatic carbocycles. The van der Waals surface area contributed by atoms with Crippen molar-refractivity contribution in [1.29, 1.82) is 0 Å². The van der Waals surface area contributed by atoms with E-state index in [1.807, 2.05) is 6.20 Å². The summed E-state index contributed by atoms with van der Waals surface area (Å²) in [6, 6.07) is 6.75. The van der Waals surface area contributed by atoms with Crippen molar-refractivity contribution in [2.24, 2.45) is 0 Å². The molecule has 0 bridgehead atoms. The molecule has 2 heterocycles. The normalized spacial score (nSPS) is 18.2. The van der Waals surface area contributed by atoms with Crippen LogP contribution >= 0.6 is 0 Å². The van der Waals surface area contributed by atoms with Crippen molar-refractivity contribution in [2.45, 2.75) is 39.3 Å². The van der Waals surface area contributed by atoms with E-state index >= 15 is 0 Å². The number of aromatic amines is 1. The van der Waals surface area contributed by atoms with Gasteiger partial charge in [-0.2, -0.15) is 5.10 Å². The van der Waals surface area contributed by atoms with Crippen molar-refractivity contribution < 1.29 is 4.74 Å². The highest BCUT2D eigenvalue weighted by molar-refractivity contribution is 5.43. The predicted molar refractivity (Wildman–Crippen MR) is 78.8 cm³/mol. The average Bonchev–Trinajstić information content (AvgIpc) is 2.73. The largest absolute Gasteiger partial charge is 0.493 e. The van der Waals surface area contributed by atoms with Crippen molar-refractivity contribution in [3.05, 3.63) is 46.8 Å². The van der Waals surface area contributed by atoms with E-state index in [-0.39, 0.29) is 0 Å². The van der Waals surface area contributed by atoms with Crippen molar-refractivity contribution >= 4 is 0 Å². The van der Waals surface area contributed by atoms with E-state index in [1.165, 1.54) is 16.7 Å². The summed E-state index contributed by atoms with van der Waals surface area (Å²) in [5, 5.41) is 10.7. The third-order valence-corrected chi connectivity index (χ3v) is 3.97. The van der Waals surface area contributed by atoms with E-state index in [0.29, 0.717) is 6.04 Å². The smallest absolute Gasteiger partial charge is 0.126 e. The Hall–Kier alpha value is -1.81. The fourth-order valence-corrected chi connectivity index (χ4v) is 2.76. The van der Waals surface area contributed by atoms with Gasteiger partial charge in [-0.15, -0.1) is 0 Å². The Labute approximate surface area is 119 Å². The minimum absolute atomic E-state index is 0.349. The van der Waals surface area contributed by atoms with Crippen molar-refractivity contribution in [3.63, 3.8) is 0 Å². The van der Waals surface area contributed by atoms with E-state index in [2.05, 4.69) is 47.6 Å². The molecule has 1 aromatic heterocycles. The van der Waals surface area contributed by atoms with Gasteiger partial charge in [-0.3, -0.25) is 5.10 Å². The molecule has 0 saturated carbocycles. The van der Waals surface area contributed by atoms with Crippen molar-refractivity contribution in [2.75, 3.05) is 6.61 Å². The number of H-pyrrole nitrogens is 1. The van der Waals surface area contributed by atoms with Gasteiger partial charge in [-0.25, -0.2) is 0 Å². The number of ether oxygens (including phenoxy) is 1. The van der Waals surface area contributed by atoms with Gasteiger partial charge in [0.2, 0.25) is 0 Å². The van der Waals surface area contributed by atoms with E-state index in [9.17, 15) is 0 Å². The van der Waals surface area contributed by atoms with Gasteiger partial charge in [0.05, 0.1) is 12.8 Å². The van der Waals surface area contributed by atoms with Gasteiger partial charge in [0.1, 0.15) is 5.75 Å². The summed E-state index contributed by atoms with van der Waals surface area (Å²) in [5.41, 5.74) is 4.86. The van der Waals surface area contributed by atoms with Crippen molar-refractivity contribution in [1.82, 2.24) is 15.5 Å². The summed E-state index contributed by atoms with van der Waals surface area (Å²) >= 11 is 0. The second-order valence-electron chi connectivity index (χ2n) is 5.44. The van der Waals surface area contributed by atoms with Crippen LogP contribution in [-0.2, 0) is 6.54 Å². The van der Waals surface area contributed by atoms with Crippen LogP contribution in [0, 0.1) is 13.8 Å². The van der Waals surface area contributed by atoms with E-state index in [0.717, 1.165) is 37.4 Å². The van der Waals surface area contributed by atoms with Crippen LogP contribution in [0.15, 0.2) is 24.4 Å². The first-order valence-electron chi connectivity index (χ1n) is 7.20. The number of hydrogen-bond donors (Lipinski definition) is 2. The predicted octanol–water partition coefficient (Wildman–Crippen LogP) is 3.03. The summed E-state index contributed by atoms with van der Waals surface area (Å²) in [4.78, 5) is 0. The lowest BCUT2D eigenvalue weighted by molar-refractivity contribution is 0.313. The molecule has 20 heavy (non-hydrogen) atoms. The number of benzene rings is 1. The highest BCUT2D eigenvalue weighted by Gasteiger charge is 2.20. The molecule has 0 amide bonds. The summed E-state index contributed by atoms with van der Waals surface area (Å²) in [5.74, 6) is 1.06. The third kappa shape index (κ3) is 2.56. The van der Waals surface area contributed by atoms with Gasteiger partial charge in [-0.05, 0) is 32.3 Å². The zero-order valence-corrected chi connectivity index (χ0v) is 12.1. The Bertz CT molecular complexity index is 591. The molecule has 3 rings (SSSR count). The maximum Gasteiger partial charge on any atom is 0.126 e.